The van der Waals surface area contributed by atoms with Crippen molar-refractivity contribution >= 4 is 0 Å². The van der Waals surface area contributed by atoms with E-state index >= 15 is 0 Å². The van der Waals surface area contributed by atoms with Gasteiger partial charge in [0, 0.05) is 19.4 Å². The Kier molecular flexibility index (Phi) is 2.83. The molecule has 1 aromatic heterocycles. The van der Waals surface area contributed by atoms with Gasteiger partial charge in [0.05, 0.1) is 0 Å². The van der Waals surface area contributed by atoms with Crippen LogP contribution in [0, 0.1) is 0 Å². The zero-order chi connectivity index (χ0) is 9.90. The Balaban J connectivity index is 3.12. The van der Waals surface area contributed by atoms with E-state index in [2.05, 4.69) is 9.97 Å². The lowest BCUT2D eigenvalue weighted by molar-refractivity contribution is -0.00918. The minimum absolute atomic E-state index is 0.151. The number of nitrogens with one attached hydrogen (secondary N) is 1. The van der Waals surface area contributed by atoms with E-state index in [0.717, 1.165) is 6.42 Å². The Labute approximate surface area is 77.0 Å². The molecular weight excluding hydrogens is 168 g/mol. The molecule has 0 saturated heterocycles. The van der Waals surface area contributed by atoms with Crippen molar-refractivity contribution in [2.24, 2.45) is 0 Å². The Morgan fingerprint density at radius 2 is 2.38 bits per heavy atom. The number of hydrogen-bond donors (Lipinski definition) is 1. The van der Waals surface area contributed by atoms with Gasteiger partial charge in [-0.3, -0.25) is 4.79 Å². The highest BCUT2D eigenvalue weighted by atomic mass is 16.5. The third kappa shape index (κ3) is 1.95. The molecule has 1 N–H and O–H groups in total. The number of ether oxygens (including phenoxy) is 1. The third-order valence-corrected chi connectivity index (χ3v) is 2.30. The predicted molar refractivity (Wildman–Crippen MR) is 49.5 cm³/mol. The van der Waals surface area contributed by atoms with E-state index in [1.165, 1.54) is 12.3 Å². The summed E-state index contributed by atoms with van der Waals surface area (Å²) in [4.78, 5) is 17.7. The summed E-state index contributed by atoms with van der Waals surface area (Å²) in [6.07, 6.45) is 2.25. The maximum atomic E-state index is 11.0. The summed E-state index contributed by atoms with van der Waals surface area (Å²) in [6.45, 7) is 3.88. The second-order valence-electron chi connectivity index (χ2n) is 3.07. The fourth-order valence-corrected chi connectivity index (χ4v) is 1.05. The first kappa shape index (κ1) is 9.92. The molecular formula is C9H14N2O2. The molecule has 13 heavy (non-hydrogen) atoms. The van der Waals surface area contributed by atoms with Crippen LogP contribution in [0.15, 0.2) is 17.1 Å². The van der Waals surface area contributed by atoms with Gasteiger partial charge >= 0.3 is 0 Å². The highest BCUT2D eigenvalue weighted by Gasteiger charge is 2.26. The van der Waals surface area contributed by atoms with Crippen LogP contribution in [-0.4, -0.2) is 17.1 Å². The zero-order valence-electron chi connectivity index (χ0n) is 8.13. The lowest BCUT2D eigenvalue weighted by Gasteiger charge is -2.24. The number of methoxy groups -OCH3 is 1. The van der Waals surface area contributed by atoms with Gasteiger partial charge in [-0.25, -0.2) is 4.98 Å². The molecule has 1 unspecified atom stereocenters. The van der Waals surface area contributed by atoms with Crippen LogP contribution in [0.4, 0.5) is 0 Å². The largest absolute Gasteiger partial charge is 0.371 e. The smallest absolute Gasteiger partial charge is 0.250 e. The number of nitrogens with zero attached hydrogens (tertiary/aromatic N) is 1. The molecule has 72 valence electrons. The fourth-order valence-electron chi connectivity index (χ4n) is 1.05. The summed E-state index contributed by atoms with van der Waals surface area (Å²) in [6, 6.07) is 1.38. The molecule has 1 aromatic rings. The van der Waals surface area contributed by atoms with Gasteiger partial charge < -0.3 is 9.72 Å². The first-order valence-electron chi connectivity index (χ1n) is 4.23. The summed E-state index contributed by atoms with van der Waals surface area (Å²) in [7, 11) is 1.61. The van der Waals surface area contributed by atoms with E-state index in [0.29, 0.717) is 5.82 Å². The van der Waals surface area contributed by atoms with Gasteiger partial charge in [-0.05, 0) is 13.3 Å². The van der Waals surface area contributed by atoms with Crippen LogP contribution in [0.3, 0.4) is 0 Å². The standard InChI is InChI=1S/C9H14N2O2/c1-4-9(2,13-3)8-10-6-5-7(12)11-8/h5-6H,4H2,1-3H3,(H,10,11,12). The highest BCUT2D eigenvalue weighted by Crippen LogP contribution is 2.23. The molecule has 0 fully saturated rings. The van der Waals surface area contributed by atoms with E-state index in [1.807, 2.05) is 13.8 Å². The van der Waals surface area contributed by atoms with Gasteiger partial charge in [-0.1, -0.05) is 6.92 Å². The van der Waals surface area contributed by atoms with Gasteiger partial charge in [0.15, 0.2) is 0 Å². The molecule has 4 nitrogen and oxygen atoms in total. The minimum Gasteiger partial charge on any atom is -0.371 e. The molecule has 0 aliphatic carbocycles. The van der Waals surface area contributed by atoms with Crippen molar-refractivity contribution in [3.05, 3.63) is 28.4 Å². The maximum Gasteiger partial charge on any atom is 0.250 e. The Morgan fingerprint density at radius 3 is 2.85 bits per heavy atom. The quantitative estimate of drug-likeness (QED) is 0.760. The van der Waals surface area contributed by atoms with E-state index < -0.39 is 5.60 Å². The molecule has 0 spiro atoms. The second-order valence-corrected chi connectivity index (χ2v) is 3.07. The van der Waals surface area contributed by atoms with Crippen LogP contribution in [0.2, 0.25) is 0 Å². The van der Waals surface area contributed by atoms with Crippen LogP contribution in [0.1, 0.15) is 26.1 Å². The summed E-state index contributed by atoms with van der Waals surface area (Å²) >= 11 is 0. The maximum absolute atomic E-state index is 11.0. The molecule has 0 radical (unpaired) electrons. The second kappa shape index (κ2) is 3.70. The van der Waals surface area contributed by atoms with E-state index in [1.54, 1.807) is 7.11 Å². The molecule has 0 aliphatic rings. The monoisotopic (exact) mass is 182 g/mol. The van der Waals surface area contributed by atoms with Gasteiger partial charge in [-0.2, -0.15) is 0 Å². The topological polar surface area (TPSA) is 55.0 Å². The molecule has 0 saturated carbocycles. The van der Waals surface area contributed by atoms with Crippen molar-refractivity contribution in [2.75, 3.05) is 7.11 Å². The van der Waals surface area contributed by atoms with Crippen molar-refractivity contribution in [3.63, 3.8) is 0 Å². The van der Waals surface area contributed by atoms with Gasteiger partial charge in [0.25, 0.3) is 5.56 Å². The Bertz CT molecular complexity index is 328. The number of rotatable bonds is 3. The minimum atomic E-state index is -0.500. The molecule has 0 aromatic carbocycles. The van der Waals surface area contributed by atoms with Crippen LogP contribution in [0.25, 0.3) is 0 Å². The van der Waals surface area contributed by atoms with Crippen LogP contribution >= 0.6 is 0 Å². The van der Waals surface area contributed by atoms with Gasteiger partial charge in [0.2, 0.25) is 0 Å². The van der Waals surface area contributed by atoms with Crippen LogP contribution in [0.5, 0.6) is 0 Å². The van der Waals surface area contributed by atoms with Crippen molar-refractivity contribution < 1.29 is 4.74 Å². The lowest BCUT2D eigenvalue weighted by Crippen LogP contribution is -2.28. The number of aromatic amines is 1. The van der Waals surface area contributed by atoms with E-state index in [-0.39, 0.29) is 5.56 Å². The Hall–Kier alpha value is -1.16. The first-order valence-corrected chi connectivity index (χ1v) is 4.23. The van der Waals surface area contributed by atoms with E-state index in [9.17, 15) is 4.79 Å². The molecule has 1 heterocycles. The first-order chi connectivity index (χ1) is 6.12. The number of aromatic nitrogens is 2. The summed E-state index contributed by atoms with van der Waals surface area (Å²) < 4.78 is 5.30. The molecule has 4 heteroatoms. The fraction of sp³-hybridized carbons (Fsp3) is 0.556. The van der Waals surface area contributed by atoms with Crippen molar-refractivity contribution in [1.29, 1.82) is 0 Å². The van der Waals surface area contributed by atoms with Crippen LogP contribution in [-0.2, 0) is 10.3 Å². The van der Waals surface area contributed by atoms with Crippen molar-refractivity contribution in [1.82, 2.24) is 9.97 Å². The molecule has 0 bridgehead atoms. The summed E-state index contributed by atoms with van der Waals surface area (Å²) in [5, 5.41) is 0. The Morgan fingerprint density at radius 1 is 1.69 bits per heavy atom. The average Bonchev–Trinajstić information content (AvgIpc) is 2.17. The SMILES string of the molecule is CCC(C)(OC)c1nccc(=O)[nH]1. The molecule has 0 aliphatic heterocycles. The van der Waals surface area contributed by atoms with Crippen molar-refractivity contribution in [2.45, 2.75) is 25.9 Å². The van der Waals surface area contributed by atoms with Gasteiger partial charge in [-0.15, -0.1) is 0 Å². The van der Waals surface area contributed by atoms with Crippen LogP contribution < -0.4 is 5.56 Å². The normalized spacial score (nSPS) is 15.3. The highest BCUT2D eigenvalue weighted by molar-refractivity contribution is 5.00. The number of hydrogen-bond acceptors (Lipinski definition) is 3. The zero-order valence-corrected chi connectivity index (χ0v) is 8.13. The average molecular weight is 182 g/mol. The lowest BCUT2D eigenvalue weighted by atomic mass is 10.0. The molecule has 0 amide bonds. The van der Waals surface area contributed by atoms with E-state index in [4.69, 9.17) is 4.74 Å². The predicted octanol–water partition coefficient (Wildman–Crippen LogP) is 1.04. The van der Waals surface area contributed by atoms with Crippen molar-refractivity contribution in [3.8, 4) is 0 Å². The summed E-state index contributed by atoms with van der Waals surface area (Å²) in [5.74, 6) is 0.574. The molecule has 1 rings (SSSR count). The third-order valence-electron chi connectivity index (χ3n) is 2.30. The molecule has 1 atom stereocenters. The summed E-state index contributed by atoms with van der Waals surface area (Å²) in [5.41, 5.74) is -0.651. The number of H-pyrrole nitrogens is 1. The van der Waals surface area contributed by atoms with Gasteiger partial charge in [0.1, 0.15) is 11.4 Å².